The fraction of sp³-hybridized carbons (Fsp3) is 0.211. The number of amides is 2. The summed E-state index contributed by atoms with van der Waals surface area (Å²) in [5.74, 6) is -0.627. The van der Waals surface area contributed by atoms with E-state index in [-0.39, 0.29) is 17.1 Å². The van der Waals surface area contributed by atoms with Gasteiger partial charge < -0.3 is 10.6 Å². The summed E-state index contributed by atoms with van der Waals surface area (Å²) in [5.41, 5.74) is 1.28. The summed E-state index contributed by atoms with van der Waals surface area (Å²) in [5, 5.41) is 8.79. The molecule has 0 aromatic heterocycles. The number of para-hydroxylation sites is 1. The molecule has 26 heavy (non-hydrogen) atoms. The topological polar surface area (TPSA) is 70.2 Å². The highest BCUT2D eigenvalue weighted by Gasteiger charge is 2.15. The van der Waals surface area contributed by atoms with Crippen molar-refractivity contribution in [1.82, 2.24) is 10.6 Å². The number of thiocarbonyl (C=S) groups is 1. The first-order chi connectivity index (χ1) is 12.4. The van der Waals surface area contributed by atoms with Crippen molar-refractivity contribution in [3.05, 3.63) is 64.7 Å². The van der Waals surface area contributed by atoms with Gasteiger partial charge in [-0.3, -0.25) is 14.9 Å². The Hall–Kier alpha value is -2.44. The Balaban J connectivity index is 2.09. The van der Waals surface area contributed by atoms with E-state index in [0.29, 0.717) is 21.8 Å². The zero-order valence-electron chi connectivity index (χ0n) is 14.5. The van der Waals surface area contributed by atoms with E-state index in [1.165, 1.54) is 0 Å². The number of hydrogen-bond donors (Lipinski definition) is 3. The Morgan fingerprint density at radius 3 is 2.31 bits per heavy atom. The average Bonchev–Trinajstić information content (AvgIpc) is 2.62. The molecule has 2 aromatic carbocycles. The fourth-order valence-corrected chi connectivity index (χ4v) is 2.59. The number of anilines is 1. The van der Waals surface area contributed by atoms with Crippen molar-refractivity contribution in [2.24, 2.45) is 0 Å². The zero-order chi connectivity index (χ0) is 19.1. The summed E-state index contributed by atoms with van der Waals surface area (Å²) < 4.78 is 0. The Labute approximate surface area is 163 Å². The molecule has 0 aliphatic heterocycles. The minimum atomic E-state index is -0.422. The van der Waals surface area contributed by atoms with Gasteiger partial charge in [0.05, 0.1) is 21.8 Å². The molecule has 0 aliphatic rings. The molecule has 1 unspecified atom stereocenters. The fourth-order valence-electron chi connectivity index (χ4n) is 2.16. The standard InChI is InChI=1S/C19H20ClN3O2S/c1-3-12(2)21-18(25)14-9-5-7-11-16(14)22-19(26)23-17(24)13-8-4-6-10-15(13)20/h4-12H,3H2,1-2H3,(H,21,25)(H2,22,23,24,26). The Morgan fingerprint density at radius 2 is 1.65 bits per heavy atom. The summed E-state index contributed by atoms with van der Waals surface area (Å²) in [4.78, 5) is 24.7. The van der Waals surface area contributed by atoms with E-state index in [4.69, 9.17) is 23.8 Å². The molecule has 0 saturated carbocycles. The maximum absolute atomic E-state index is 12.4. The molecule has 1 atom stereocenters. The second kappa shape index (κ2) is 9.31. The third-order valence-electron chi connectivity index (χ3n) is 3.76. The number of carbonyl (C=O) groups is 2. The van der Waals surface area contributed by atoms with Crippen LogP contribution in [0.4, 0.5) is 5.69 Å². The minimum Gasteiger partial charge on any atom is -0.350 e. The van der Waals surface area contributed by atoms with Gasteiger partial charge in [0.1, 0.15) is 0 Å². The van der Waals surface area contributed by atoms with Crippen molar-refractivity contribution in [3.63, 3.8) is 0 Å². The van der Waals surface area contributed by atoms with E-state index < -0.39 is 5.91 Å². The molecular weight excluding hydrogens is 370 g/mol. The molecule has 0 saturated heterocycles. The van der Waals surface area contributed by atoms with Gasteiger partial charge in [-0.25, -0.2) is 0 Å². The van der Waals surface area contributed by atoms with Crippen LogP contribution in [-0.2, 0) is 0 Å². The lowest BCUT2D eigenvalue weighted by atomic mass is 10.1. The van der Waals surface area contributed by atoms with Crippen molar-refractivity contribution in [2.45, 2.75) is 26.3 Å². The Kier molecular flexibility index (Phi) is 7.12. The average molecular weight is 390 g/mol. The zero-order valence-corrected chi connectivity index (χ0v) is 16.1. The maximum Gasteiger partial charge on any atom is 0.258 e. The number of hydrogen-bond acceptors (Lipinski definition) is 3. The molecule has 7 heteroatoms. The molecule has 0 aliphatic carbocycles. The lowest BCUT2D eigenvalue weighted by Gasteiger charge is -2.16. The van der Waals surface area contributed by atoms with E-state index in [9.17, 15) is 9.59 Å². The third-order valence-corrected chi connectivity index (χ3v) is 4.29. The van der Waals surface area contributed by atoms with Crippen molar-refractivity contribution in [2.75, 3.05) is 5.32 Å². The first-order valence-corrected chi connectivity index (χ1v) is 8.97. The van der Waals surface area contributed by atoms with Crippen LogP contribution < -0.4 is 16.0 Å². The highest BCUT2D eigenvalue weighted by atomic mass is 35.5. The predicted molar refractivity (Wildman–Crippen MR) is 109 cm³/mol. The van der Waals surface area contributed by atoms with Crippen molar-refractivity contribution in [1.29, 1.82) is 0 Å². The molecule has 0 bridgehead atoms. The molecular formula is C19H20ClN3O2S. The van der Waals surface area contributed by atoms with Crippen LogP contribution in [0.15, 0.2) is 48.5 Å². The maximum atomic E-state index is 12.4. The van der Waals surface area contributed by atoms with Crippen molar-refractivity contribution < 1.29 is 9.59 Å². The molecule has 0 fully saturated rings. The monoisotopic (exact) mass is 389 g/mol. The van der Waals surface area contributed by atoms with Crippen molar-refractivity contribution >= 4 is 46.4 Å². The quantitative estimate of drug-likeness (QED) is 0.676. The highest BCUT2D eigenvalue weighted by Crippen LogP contribution is 2.17. The molecule has 2 aromatic rings. The van der Waals surface area contributed by atoms with Crippen LogP contribution in [0.5, 0.6) is 0 Å². The molecule has 3 N–H and O–H groups in total. The first-order valence-electron chi connectivity index (χ1n) is 8.19. The van der Waals surface area contributed by atoms with Crippen LogP contribution in [0.25, 0.3) is 0 Å². The first kappa shape index (κ1) is 19.9. The summed E-state index contributed by atoms with van der Waals surface area (Å²) in [6, 6.07) is 13.7. The van der Waals surface area contributed by atoms with Crippen LogP contribution in [0, 0.1) is 0 Å². The van der Waals surface area contributed by atoms with Crippen LogP contribution in [0.1, 0.15) is 41.0 Å². The molecule has 136 valence electrons. The van der Waals surface area contributed by atoms with Gasteiger partial charge in [-0.05, 0) is 49.8 Å². The second-order valence-electron chi connectivity index (χ2n) is 5.72. The minimum absolute atomic E-state index is 0.0578. The van der Waals surface area contributed by atoms with E-state index in [1.807, 2.05) is 13.8 Å². The lowest BCUT2D eigenvalue weighted by molar-refractivity contribution is 0.0938. The molecule has 0 heterocycles. The van der Waals surface area contributed by atoms with Gasteiger partial charge in [0.2, 0.25) is 0 Å². The van der Waals surface area contributed by atoms with E-state index in [1.54, 1.807) is 48.5 Å². The summed E-state index contributed by atoms with van der Waals surface area (Å²) in [7, 11) is 0. The van der Waals surface area contributed by atoms with Gasteiger partial charge in [0.15, 0.2) is 5.11 Å². The Morgan fingerprint density at radius 1 is 1.04 bits per heavy atom. The van der Waals surface area contributed by atoms with Gasteiger partial charge in [0.25, 0.3) is 11.8 Å². The third kappa shape index (κ3) is 5.28. The van der Waals surface area contributed by atoms with Gasteiger partial charge in [0, 0.05) is 6.04 Å². The van der Waals surface area contributed by atoms with Crippen LogP contribution in [0.3, 0.4) is 0 Å². The van der Waals surface area contributed by atoms with Crippen LogP contribution in [0.2, 0.25) is 5.02 Å². The largest absolute Gasteiger partial charge is 0.350 e. The normalized spacial score (nSPS) is 11.3. The SMILES string of the molecule is CCC(C)NC(=O)c1ccccc1NC(=S)NC(=O)c1ccccc1Cl. The summed E-state index contributed by atoms with van der Waals surface area (Å²) in [6.45, 7) is 3.93. The van der Waals surface area contributed by atoms with Gasteiger partial charge in [-0.2, -0.15) is 0 Å². The van der Waals surface area contributed by atoms with Gasteiger partial charge in [-0.1, -0.05) is 42.8 Å². The highest BCUT2D eigenvalue weighted by molar-refractivity contribution is 7.80. The van der Waals surface area contributed by atoms with Crippen molar-refractivity contribution in [3.8, 4) is 0 Å². The van der Waals surface area contributed by atoms with Crippen LogP contribution >= 0.6 is 23.8 Å². The van der Waals surface area contributed by atoms with E-state index >= 15 is 0 Å². The van der Waals surface area contributed by atoms with E-state index in [2.05, 4.69) is 16.0 Å². The number of rotatable bonds is 5. The molecule has 0 spiro atoms. The molecule has 5 nitrogen and oxygen atoms in total. The van der Waals surface area contributed by atoms with Gasteiger partial charge >= 0.3 is 0 Å². The smallest absolute Gasteiger partial charge is 0.258 e. The predicted octanol–water partition coefficient (Wildman–Crippen LogP) is 4.00. The Bertz CT molecular complexity index is 826. The second-order valence-corrected chi connectivity index (χ2v) is 6.53. The molecule has 0 radical (unpaired) electrons. The molecule has 2 rings (SSSR count). The van der Waals surface area contributed by atoms with Gasteiger partial charge in [-0.15, -0.1) is 0 Å². The summed E-state index contributed by atoms with van der Waals surface area (Å²) >= 11 is 11.2. The lowest BCUT2D eigenvalue weighted by Crippen LogP contribution is -2.36. The molecule has 2 amide bonds. The number of nitrogens with one attached hydrogen (secondary N) is 3. The number of halogens is 1. The summed E-state index contributed by atoms with van der Waals surface area (Å²) in [6.07, 6.45) is 0.827. The van der Waals surface area contributed by atoms with E-state index in [0.717, 1.165) is 6.42 Å². The number of benzene rings is 2. The number of carbonyl (C=O) groups excluding carboxylic acids is 2. The van der Waals surface area contributed by atoms with Crippen LogP contribution in [-0.4, -0.2) is 23.0 Å².